The van der Waals surface area contributed by atoms with Crippen molar-refractivity contribution in [1.82, 2.24) is 10.6 Å². The molecule has 0 saturated carbocycles. The summed E-state index contributed by atoms with van der Waals surface area (Å²) in [5.74, 6) is 1.07. The summed E-state index contributed by atoms with van der Waals surface area (Å²) in [6.07, 6.45) is 4.28. The molecule has 4 rings (SSSR count). The molecule has 170 valence electrons. The molecule has 0 aromatic heterocycles. The van der Waals surface area contributed by atoms with Crippen LogP contribution in [-0.2, 0) is 16.0 Å². The third-order valence-corrected chi connectivity index (χ3v) is 6.42. The minimum atomic E-state index is 0.0682. The van der Waals surface area contributed by atoms with Gasteiger partial charge in [0.25, 0.3) is 0 Å². The molecule has 0 radical (unpaired) electrons. The molecule has 2 aromatic rings. The number of rotatable bonds is 5. The van der Waals surface area contributed by atoms with E-state index in [1.807, 2.05) is 23.1 Å². The van der Waals surface area contributed by atoms with E-state index in [2.05, 4.69) is 52.9 Å². The summed E-state index contributed by atoms with van der Waals surface area (Å²) in [6, 6.07) is 16.8. The zero-order valence-electron chi connectivity index (χ0n) is 19.1. The van der Waals surface area contributed by atoms with Crippen molar-refractivity contribution in [2.75, 3.05) is 38.2 Å². The summed E-state index contributed by atoms with van der Waals surface area (Å²) in [6.45, 7) is 4.63. The van der Waals surface area contributed by atoms with Gasteiger partial charge >= 0.3 is 0 Å². The third-order valence-electron chi connectivity index (χ3n) is 6.42. The van der Waals surface area contributed by atoms with Gasteiger partial charge in [0.1, 0.15) is 0 Å². The summed E-state index contributed by atoms with van der Waals surface area (Å²) >= 11 is 0. The highest BCUT2D eigenvalue weighted by Gasteiger charge is 2.28. The summed E-state index contributed by atoms with van der Waals surface area (Å²) < 4.78 is 6.13. The Morgan fingerprint density at radius 2 is 1.94 bits per heavy atom. The van der Waals surface area contributed by atoms with Gasteiger partial charge in [0, 0.05) is 38.3 Å². The highest BCUT2D eigenvalue weighted by atomic mass is 16.5. The zero-order chi connectivity index (χ0) is 22.3. The van der Waals surface area contributed by atoms with E-state index in [4.69, 9.17) is 4.74 Å². The largest absolute Gasteiger partial charge is 0.373 e. The highest BCUT2D eigenvalue weighted by Crippen LogP contribution is 2.33. The van der Waals surface area contributed by atoms with Crippen LogP contribution in [0, 0.1) is 12.8 Å². The van der Waals surface area contributed by atoms with Crippen LogP contribution in [0.4, 0.5) is 5.69 Å². The second kappa shape index (κ2) is 10.6. The van der Waals surface area contributed by atoms with E-state index in [0.717, 1.165) is 51.1 Å². The molecule has 2 aromatic carbocycles. The van der Waals surface area contributed by atoms with Crippen LogP contribution in [0.15, 0.2) is 53.5 Å². The van der Waals surface area contributed by atoms with E-state index in [1.54, 1.807) is 7.05 Å². The van der Waals surface area contributed by atoms with E-state index in [1.165, 1.54) is 16.7 Å². The average molecular weight is 435 g/mol. The Kier molecular flexibility index (Phi) is 7.43. The number of hydrogen-bond acceptors (Lipinski definition) is 3. The fourth-order valence-electron chi connectivity index (χ4n) is 4.67. The van der Waals surface area contributed by atoms with E-state index >= 15 is 0 Å². The number of aryl methyl sites for hydroxylation is 2. The van der Waals surface area contributed by atoms with E-state index < -0.39 is 0 Å². The first kappa shape index (κ1) is 22.3. The SMILES string of the molecule is CN=C(NCC(=O)N1CCCc2ccccc21)NCC1CCCOC1c1ccc(C)cc1. The first-order chi connectivity index (χ1) is 15.7. The molecule has 0 bridgehead atoms. The van der Waals surface area contributed by atoms with Crippen molar-refractivity contribution in [2.24, 2.45) is 10.9 Å². The minimum absolute atomic E-state index is 0.0682. The number of aliphatic imine (C=N–C) groups is 1. The first-order valence-corrected chi connectivity index (χ1v) is 11.7. The minimum Gasteiger partial charge on any atom is -0.373 e. The van der Waals surface area contributed by atoms with Gasteiger partial charge in [-0.05, 0) is 49.8 Å². The predicted molar refractivity (Wildman–Crippen MR) is 129 cm³/mol. The molecule has 32 heavy (non-hydrogen) atoms. The number of benzene rings is 2. The molecule has 1 saturated heterocycles. The lowest BCUT2D eigenvalue weighted by Gasteiger charge is -2.33. The molecule has 2 unspecified atom stereocenters. The lowest BCUT2D eigenvalue weighted by Crippen LogP contribution is -2.47. The number of hydrogen-bond donors (Lipinski definition) is 2. The van der Waals surface area contributed by atoms with Crippen LogP contribution in [0.3, 0.4) is 0 Å². The lowest BCUT2D eigenvalue weighted by molar-refractivity contribution is -0.117. The maximum absolute atomic E-state index is 12.9. The number of amides is 1. The molecule has 2 N–H and O–H groups in total. The smallest absolute Gasteiger partial charge is 0.246 e. The van der Waals surface area contributed by atoms with Gasteiger partial charge in [-0.25, -0.2) is 0 Å². The Morgan fingerprint density at radius 1 is 1.12 bits per heavy atom. The van der Waals surface area contributed by atoms with Crippen molar-refractivity contribution in [3.8, 4) is 0 Å². The van der Waals surface area contributed by atoms with Crippen molar-refractivity contribution in [2.45, 2.75) is 38.7 Å². The molecule has 1 fully saturated rings. The van der Waals surface area contributed by atoms with Crippen LogP contribution >= 0.6 is 0 Å². The van der Waals surface area contributed by atoms with Crippen LogP contribution in [0.2, 0.25) is 0 Å². The molecule has 1 amide bonds. The highest BCUT2D eigenvalue weighted by molar-refractivity contribution is 5.98. The van der Waals surface area contributed by atoms with Crippen molar-refractivity contribution < 1.29 is 9.53 Å². The molecule has 0 spiro atoms. The number of carbonyl (C=O) groups excluding carboxylic acids is 1. The van der Waals surface area contributed by atoms with Crippen molar-refractivity contribution >= 4 is 17.6 Å². The monoisotopic (exact) mass is 434 g/mol. The number of nitrogens with zero attached hydrogens (tertiary/aromatic N) is 2. The van der Waals surface area contributed by atoms with Crippen LogP contribution in [0.1, 0.15) is 42.1 Å². The zero-order valence-corrected chi connectivity index (χ0v) is 19.1. The van der Waals surface area contributed by atoms with Gasteiger partial charge in [-0.15, -0.1) is 0 Å². The van der Waals surface area contributed by atoms with Gasteiger partial charge in [-0.1, -0.05) is 48.0 Å². The Labute approximate surface area is 191 Å². The maximum Gasteiger partial charge on any atom is 0.246 e. The van der Waals surface area contributed by atoms with Crippen LogP contribution < -0.4 is 15.5 Å². The quantitative estimate of drug-likeness (QED) is 0.557. The second-order valence-corrected chi connectivity index (χ2v) is 8.69. The Hall–Kier alpha value is -2.86. The molecular weight excluding hydrogens is 400 g/mol. The van der Waals surface area contributed by atoms with Crippen LogP contribution in [0.5, 0.6) is 0 Å². The number of ether oxygens (including phenoxy) is 1. The molecule has 6 heteroatoms. The summed E-state index contributed by atoms with van der Waals surface area (Å²) in [7, 11) is 1.74. The Balaban J connectivity index is 1.32. The van der Waals surface area contributed by atoms with Crippen molar-refractivity contribution in [1.29, 1.82) is 0 Å². The molecule has 2 atom stereocenters. The predicted octanol–water partition coefficient (Wildman–Crippen LogP) is 3.61. The summed E-state index contributed by atoms with van der Waals surface area (Å²) in [4.78, 5) is 19.1. The summed E-state index contributed by atoms with van der Waals surface area (Å²) in [5, 5.41) is 6.62. The molecule has 6 nitrogen and oxygen atoms in total. The molecular formula is C26H34N4O2. The van der Waals surface area contributed by atoms with Gasteiger partial charge in [0.15, 0.2) is 5.96 Å². The Bertz CT molecular complexity index is 941. The first-order valence-electron chi connectivity index (χ1n) is 11.7. The lowest BCUT2D eigenvalue weighted by atomic mass is 9.89. The normalized spacial score (nSPS) is 21.1. The molecule has 2 aliphatic rings. The summed E-state index contributed by atoms with van der Waals surface area (Å²) in [5.41, 5.74) is 4.76. The average Bonchev–Trinajstić information content (AvgIpc) is 2.84. The van der Waals surface area contributed by atoms with Crippen molar-refractivity contribution in [3.63, 3.8) is 0 Å². The fourth-order valence-corrected chi connectivity index (χ4v) is 4.67. The Morgan fingerprint density at radius 3 is 2.75 bits per heavy atom. The van der Waals surface area contributed by atoms with Gasteiger partial charge in [0.2, 0.25) is 5.91 Å². The van der Waals surface area contributed by atoms with E-state index in [9.17, 15) is 4.79 Å². The van der Waals surface area contributed by atoms with Gasteiger partial charge < -0.3 is 20.3 Å². The van der Waals surface area contributed by atoms with Crippen molar-refractivity contribution in [3.05, 3.63) is 65.2 Å². The van der Waals surface area contributed by atoms with Gasteiger partial charge in [-0.2, -0.15) is 0 Å². The van der Waals surface area contributed by atoms with E-state index in [-0.39, 0.29) is 18.6 Å². The van der Waals surface area contributed by atoms with Gasteiger partial charge in [0.05, 0.1) is 12.6 Å². The third kappa shape index (κ3) is 5.30. The van der Waals surface area contributed by atoms with Crippen LogP contribution in [0.25, 0.3) is 0 Å². The number of fused-ring (bicyclic) bond motifs is 1. The number of nitrogens with one attached hydrogen (secondary N) is 2. The topological polar surface area (TPSA) is 66.0 Å². The molecule has 2 aliphatic heterocycles. The number of carbonyl (C=O) groups is 1. The van der Waals surface area contributed by atoms with Gasteiger partial charge in [-0.3, -0.25) is 9.79 Å². The van der Waals surface area contributed by atoms with Crippen LogP contribution in [-0.4, -0.2) is 45.2 Å². The fraction of sp³-hybridized carbons (Fsp3) is 0.462. The standard InChI is InChI=1S/C26H34N4O2/c1-19-11-13-21(14-12-19)25-22(9-6-16-32-25)17-28-26(27-2)29-18-24(31)30-15-5-8-20-7-3-4-10-23(20)30/h3-4,7,10-14,22,25H,5-6,8-9,15-18H2,1-2H3,(H2,27,28,29). The number of guanidine groups is 1. The second-order valence-electron chi connectivity index (χ2n) is 8.69. The molecule has 2 heterocycles. The maximum atomic E-state index is 12.9. The molecule has 0 aliphatic carbocycles. The van der Waals surface area contributed by atoms with E-state index in [0.29, 0.717) is 11.9 Å². The number of para-hydroxylation sites is 1. The number of anilines is 1.